The average molecular weight is 348 g/mol. The Balaban J connectivity index is 1.65. The third kappa shape index (κ3) is 3.14. The highest BCUT2D eigenvalue weighted by Crippen LogP contribution is 2.27. The number of aromatic nitrogens is 2. The van der Waals surface area contributed by atoms with Crippen molar-refractivity contribution in [3.63, 3.8) is 0 Å². The van der Waals surface area contributed by atoms with E-state index in [2.05, 4.69) is 5.10 Å². The Morgan fingerprint density at radius 3 is 2.79 bits per heavy atom. The van der Waals surface area contributed by atoms with E-state index in [9.17, 15) is 9.59 Å². The largest absolute Gasteiger partial charge is 0.462 e. The van der Waals surface area contributed by atoms with Gasteiger partial charge in [-0.2, -0.15) is 16.4 Å². The number of anilines is 1. The molecule has 0 saturated carbocycles. The van der Waals surface area contributed by atoms with E-state index < -0.39 is 5.97 Å². The number of thiophene rings is 1. The lowest BCUT2D eigenvalue weighted by Crippen LogP contribution is -2.39. The molecule has 3 heterocycles. The Bertz CT molecular complexity index is 718. The summed E-state index contributed by atoms with van der Waals surface area (Å²) in [6, 6.07) is 1.93. The zero-order chi connectivity index (χ0) is 17.1. The fraction of sp³-hybridized carbons (Fsp3) is 0.438. The fourth-order valence-corrected chi connectivity index (χ4v) is 3.54. The van der Waals surface area contributed by atoms with Gasteiger partial charge in [0.15, 0.2) is 0 Å². The first-order valence-corrected chi connectivity index (χ1v) is 8.87. The van der Waals surface area contributed by atoms with Gasteiger partial charge >= 0.3 is 5.97 Å². The Morgan fingerprint density at radius 1 is 1.42 bits per heavy atom. The maximum absolute atomic E-state index is 12.4. The molecule has 24 heavy (non-hydrogen) atoms. The molecule has 3 rings (SSSR count). The number of piperidine rings is 1. The molecule has 2 aromatic rings. The summed E-state index contributed by atoms with van der Waals surface area (Å²) in [4.78, 5) is 26.0. The van der Waals surface area contributed by atoms with Crippen LogP contribution in [0.4, 0.5) is 5.82 Å². The summed E-state index contributed by atoms with van der Waals surface area (Å²) in [5.74, 6) is -0.0577. The molecule has 0 aliphatic carbocycles. The number of esters is 1. The molecule has 1 aliphatic heterocycles. The molecule has 0 atom stereocenters. The molecular weight excluding hydrogens is 328 g/mol. The van der Waals surface area contributed by atoms with Crippen LogP contribution in [0, 0.1) is 0 Å². The SMILES string of the molecule is CCOC(=O)c1cnn(C2CCN(C(=O)c3ccsc3)CC2)c1N. The molecule has 2 N–H and O–H groups in total. The molecule has 1 aliphatic rings. The number of rotatable bonds is 4. The predicted octanol–water partition coefficient (Wildman–Crippen LogP) is 2.18. The third-order valence-electron chi connectivity index (χ3n) is 4.20. The smallest absolute Gasteiger partial charge is 0.343 e. The molecule has 2 aromatic heterocycles. The van der Waals surface area contributed by atoms with E-state index in [4.69, 9.17) is 10.5 Å². The van der Waals surface area contributed by atoms with Crippen LogP contribution in [0.25, 0.3) is 0 Å². The van der Waals surface area contributed by atoms with Gasteiger partial charge in [-0.1, -0.05) is 0 Å². The molecule has 0 bridgehead atoms. The first kappa shape index (κ1) is 16.5. The van der Waals surface area contributed by atoms with E-state index in [1.54, 1.807) is 11.6 Å². The normalized spacial score (nSPS) is 15.5. The summed E-state index contributed by atoms with van der Waals surface area (Å²) >= 11 is 1.52. The fourth-order valence-electron chi connectivity index (χ4n) is 2.91. The highest BCUT2D eigenvalue weighted by Gasteiger charge is 2.27. The minimum absolute atomic E-state index is 0.0651. The van der Waals surface area contributed by atoms with Crippen LogP contribution in [-0.2, 0) is 4.74 Å². The van der Waals surface area contributed by atoms with Gasteiger partial charge in [0.05, 0.1) is 24.4 Å². The molecule has 1 amide bonds. The zero-order valence-electron chi connectivity index (χ0n) is 13.5. The van der Waals surface area contributed by atoms with E-state index in [-0.39, 0.29) is 11.9 Å². The summed E-state index contributed by atoms with van der Waals surface area (Å²) in [5.41, 5.74) is 7.09. The number of hydrogen-bond donors (Lipinski definition) is 1. The van der Waals surface area contributed by atoms with Gasteiger partial charge in [0.1, 0.15) is 11.4 Å². The van der Waals surface area contributed by atoms with Crippen molar-refractivity contribution in [1.82, 2.24) is 14.7 Å². The first-order chi connectivity index (χ1) is 11.6. The number of nitrogens with two attached hydrogens (primary N) is 1. The molecule has 1 saturated heterocycles. The molecule has 8 heteroatoms. The van der Waals surface area contributed by atoms with Gasteiger partial charge in [-0.3, -0.25) is 4.79 Å². The van der Waals surface area contributed by atoms with Crippen LogP contribution in [0.3, 0.4) is 0 Å². The summed E-state index contributed by atoms with van der Waals surface area (Å²) in [5, 5.41) is 8.02. The average Bonchev–Trinajstić information content (AvgIpc) is 3.24. The Labute approximate surface area is 144 Å². The van der Waals surface area contributed by atoms with Crippen molar-refractivity contribution in [2.45, 2.75) is 25.8 Å². The van der Waals surface area contributed by atoms with Crippen molar-refractivity contribution in [3.05, 3.63) is 34.2 Å². The standard InChI is InChI=1S/C16H20N4O3S/c1-2-23-16(22)13-9-18-20(14(13)17)12-3-6-19(7-4-12)15(21)11-5-8-24-10-11/h5,8-10,12H,2-4,6-7,17H2,1H3. The molecule has 0 spiro atoms. The van der Waals surface area contributed by atoms with Gasteiger partial charge in [0.2, 0.25) is 0 Å². The van der Waals surface area contributed by atoms with E-state index in [1.807, 2.05) is 21.7 Å². The topological polar surface area (TPSA) is 90.5 Å². The van der Waals surface area contributed by atoms with Crippen molar-refractivity contribution >= 4 is 29.0 Å². The zero-order valence-corrected chi connectivity index (χ0v) is 14.3. The van der Waals surface area contributed by atoms with E-state index >= 15 is 0 Å². The number of likely N-dealkylation sites (tertiary alicyclic amines) is 1. The van der Waals surface area contributed by atoms with E-state index in [1.165, 1.54) is 17.5 Å². The second kappa shape index (κ2) is 7.04. The van der Waals surface area contributed by atoms with Crippen molar-refractivity contribution in [3.8, 4) is 0 Å². The first-order valence-electron chi connectivity index (χ1n) is 7.93. The number of carbonyl (C=O) groups is 2. The van der Waals surface area contributed by atoms with Gasteiger partial charge in [-0.05, 0) is 31.2 Å². The Kier molecular flexibility index (Phi) is 4.84. The number of ether oxygens (including phenoxy) is 1. The second-order valence-corrected chi connectivity index (χ2v) is 6.42. The van der Waals surface area contributed by atoms with Crippen LogP contribution in [0.1, 0.15) is 46.5 Å². The third-order valence-corrected chi connectivity index (χ3v) is 4.88. The van der Waals surface area contributed by atoms with E-state index in [0.717, 1.165) is 18.4 Å². The molecule has 0 unspecified atom stereocenters. The number of hydrogen-bond acceptors (Lipinski definition) is 6. The molecule has 0 radical (unpaired) electrons. The van der Waals surface area contributed by atoms with Crippen LogP contribution >= 0.6 is 11.3 Å². The summed E-state index contributed by atoms with van der Waals surface area (Å²) in [6.45, 7) is 3.34. The number of nitrogens with zero attached hydrogens (tertiary/aromatic N) is 3. The summed E-state index contributed by atoms with van der Waals surface area (Å²) < 4.78 is 6.65. The monoisotopic (exact) mass is 348 g/mol. The predicted molar refractivity (Wildman–Crippen MR) is 91.1 cm³/mol. The van der Waals surface area contributed by atoms with E-state index in [0.29, 0.717) is 31.1 Å². The minimum atomic E-state index is -0.452. The van der Waals surface area contributed by atoms with Crippen LogP contribution in [-0.4, -0.2) is 46.3 Å². The highest BCUT2D eigenvalue weighted by atomic mass is 32.1. The van der Waals surface area contributed by atoms with Gasteiger partial charge in [-0.25, -0.2) is 9.48 Å². The quantitative estimate of drug-likeness (QED) is 0.855. The lowest BCUT2D eigenvalue weighted by molar-refractivity contribution is 0.0527. The molecule has 128 valence electrons. The maximum atomic E-state index is 12.4. The van der Waals surface area contributed by atoms with Crippen molar-refractivity contribution in [2.24, 2.45) is 0 Å². The highest BCUT2D eigenvalue weighted by molar-refractivity contribution is 7.08. The van der Waals surface area contributed by atoms with Gasteiger partial charge in [-0.15, -0.1) is 0 Å². The van der Waals surface area contributed by atoms with Crippen molar-refractivity contribution in [1.29, 1.82) is 0 Å². The number of amides is 1. The Hall–Kier alpha value is -2.35. The molecular formula is C16H20N4O3S. The maximum Gasteiger partial charge on any atom is 0.343 e. The van der Waals surface area contributed by atoms with Crippen LogP contribution < -0.4 is 5.73 Å². The molecule has 7 nitrogen and oxygen atoms in total. The second-order valence-electron chi connectivity index (χ2n) is 5.64. The van der Waals surface area contributed by atoms with Gasteiger partial charge in [0.25, 0.3) is 5.91 Å². The minimum Gasteiger partial charge on any atom is -0.462 e. The summed E-state index contributed by atoms with van der Waals surface area (Å²) in [7, 11) is 0. The lowest BCUT2D eigenvalue weighted by Gasteiger charge is -2.32. The van der Waals surface area contributed by atoms with Crippen molar-refractivity contribution in [2.75, 3.05) is 25.4 Å². The molecule has 1 fully saturated rings. The summed E-state index contributed by atoms with van der Waals surface area (Å²) in [6.07, 6.45) is 2.96. The van der Waals surface area contributed by atoms with Gasteiger partial charge < -0.3 is 15.4 Å². The lowest BCUT2D eigenvalue weighted by atomic mass is 10.0. The van der Waals surface area contributed by atoms with Crippen LogP contribution in [0.5, 0.6) is 0 Å². The van der Waals surface area contributed by atoms with Gasteiger partial charge in [0, 0.05) is 18.5 Å². The molecule has 0 aromatic carbocycles. The Morgan fingerprint density at radius 2 is 2.17 bits per heavy atom. The van der Waals surface area contributed by atoms with Crippen LogP contribution in [0.2, 0.25) is 0 Å². The van der Waals surface area contributed by atoms with Crippen LogP contribution in [0.15, 0.2) is 23.0 Å². The number of carbonyl (C=O) groups excluding carboxylic acids is 2. The van der Waals surface area contributed by atoms with Crippen molar-refractivity contribution < 1.29 is 14.3 Å². The number of nitrogen functional groups attached to an aromatic ring is 1.